The van der Waals surface area contributed by atoms with E-state index in [1.165, 1.54) is 18.5 Å². The minimum absolute atomic E-state index is 0.0253. The number of aryl methyl sites for hydroxylation is 1. The molecule has 3 heterocycles. The Balaban J connectivity index is 1.41. The molecule has 0 spiro atoms. The molecule has 1 amide bonds. The monoisotopic (exact) mass is 393 g/mol. The number of rotatable bonds is 4. The molecule has 148 valence electrons. The highest BCUT2D eigenvalue weighted by atomic mass is 19.1. The van der Waals surface area contributed by atoms with Crippen molar-refractivity contribution in [1.82, 2.24) is 29.9 Å². The van der Waals surface area contributed by atoms with E-state index in [-0.39, 0.29) is 29.2 Å². The Hall–Kier alpha value is -3.36. The molecule has 2 bridgehead atoms. The van der Waals surface area contributed by atoms with Crippen LogP contribution in [-0.2, 0) is 0 Å². The summed E-state index contributed by atoms with van der Waals surface area (Å²) in [5.74, 6) is 0.388. The van der Waals surface area contributed by atoms with Gasteiger partial charge in [-0.15, -0.1) is 4.80 Å². The van der Waals surface area contributed by atoms with Crippen LogP contribution in [0.4, 0.5) is 10.2 Å². The van der Waals surface area contributed by atoms with Gasteiger partial charge in [0.25, 0.3) is 5.91 Å². The zero-order valence-corrected chi connectivity index (χ0v) is 15.9. The summed E-state index contributed by atoms with van der Waals surface area (Å²) in [6.45, 7) is 2.56. The highest BCUT2D eigenvalue weighted by molar-refractivity contribution is 5.98. The number of piperidine rings is 1. The third-order valence-electron chi connectivity index (χ3n) is 5.69. The fraction of sp³-hybridized carbons (Fsp3) is 0.350. The van der Waals surface area contributed by atoms with Gasteiger partial charge in [0.1, 0.15) is 11.5 Å². The number of hydrogen-bond donors (Lipinski definition) is 1. The largest absolute Gasteiger partial charge is 0.364 e. The van der Waals surface area contributed by atoms with Crippen molar-refractivity contribution in [2.75, 3.05) is 11.9 Å². The van der Waals surface area contributed by atoms with Crippen LogP contribution in [0.3, 0.4) is 0 Å². The van der Waals surface area contributed by atoms with Gasteiger partial charge in [0.2, 0.25) is 0 Å². The van der Waals surface area contributed by atoms with Gasteiger partial charge in [-0.25, -0.2) is 9.37 Å². The van der Waals surface area contributed by atoms with E-state index in [2.05, 4.69) is 25.5 Å². The number of aromatic nitrogens is 5. The van der Waals surface area contributed by atoms with Crippen LogP contribution in [0.25, 0.3) is 5.69 Å². The molecule has 2 aliphatic rings. The predicted molar refractivity (Wildman–Crippen MR) is 103 cm³/mol. The van der Waals surface area contributed by atoms with Gasteiger partial charge in [0.15, 0.2) is 5.82 Å². The average molecular weight is 393 g/mol. The normalized spacial score (nSPS) is 22.8. The van der Waals surface area contributed by atoms with E-state index >= 15 is 0 Å². The first-order valence-corrected chi connectivity index (χ1v) is 9.61. The lowest BCUT2D eigenvalue weighted by molar-refractivity contribution is 0.0691. The van der Waals surface area contributed by atoms with E-state index in [0.29, 0.717) is 18.3 Å². The second kappa shape index (κ2) is 6.91. The second-order valence-corrected chi connectivity index (χ2v) is 7.61. The van der Waals surface area contributed by atoms with Gasteiger partial charge in [-0.1, -0.05) is 6.07 Å². The number of anilines is 1. The van der Waals surface area contributed by atoms with Crippen molar-refractivity contribution in [2.24, 2.45) is 5.92 Å². The Morgan fingerprint density at radius 1 is 1.17 bits per heavy atom. The quantitative estimate of drug-likeness (QED) is 0.731. The van der Waals surface area contributed by atoms with Crippen LogP contribution in [0, 0.1) is 18.7 Å². The number of para-hydroxylation sites is 1. The third-order valence-corrected chi connectivity index (χ3v) is 5.69. The van der Waals surface area contributed by atoms with Gasteiger partial charge in [-0.3, -0.25) is 9.78 Å². The number of likely N-dealkylation sites (tertiary alicyclic amines) is 1. The summed E-state index contributed by atoms with van der Waals surface area (Å²) in [5.41, 5.74) is 1.20. The number of benzene rings is 1. The molecule has 1 aliphatic heterocycles. The molecule has 8 nitrogen and oxygen atoms in total. The Kier molecular flexibility index (Phi) is 4.22. The third kappa shape index (κ3) is 3.12. The van der Waals surface area contributed by atoms with Crippen molar-refractivity contribution in [2.45, 2.75) is 31.8 Å². The van der Waals surface area contributed by atoms with Gasteiger partial charge in [0, 0.05) is 12.6 Å². The Labute approximate surface area is 166 Å². The lowest BCUT2D eigenvalue weighted by atomic mass is 10.0. The molecule has 29 heavy (non-hydrogen) atoms. The molecule has 1 N–H and O–H groups in total. The fourth-order valence-electron chi connectivity index (χ4n) is 4.45. The van der Waals surface area contributed by atoms with Crippen molar-refractivity contribution < 1.29 is 9.18 Å². The highest BCUT2D eigenvalue weighted by Crippen LogP contribution is 2.40. The number of nitrogens with zero attached hydrogens (tertiary/aromatic N) is 6. The van der Waals surface area contributed by atoms with E-state index in [4.69, 9.17) is 0 Å². The summed E-state index contributed by atoms with van der Waals surface area (Å²) in [4.78, 5) is 25.0. The Morgan fingerprint density at radius 2 is 2.00 bits per heavy atom. The summed E-state index contributed by atoms with van der Waals surface area (Å²) >= 11 is 0. The van der Waals surface area contributed by atoms with Crippen LogP contribution in [-0.4, -0.2) is 54.4 Å². The number of nitrogens with one attached hydrogen (secondary N) is 1. The zero-order chi connectivity index (χ0) is 20.0. The van der Waals surface area contributed by atoms with E-state index in [1.54, 1.807) is 24.5 Å². The van der Waals surface area contributed by atoms with E-state index in [9.17, 15) is 9.18 Å². The lowest BCUT2D eigenvalue weighted by Gasteiger charge is -2.34. The summed E-state index contributed by atoms with van der Waals surface area (Å²) in [6, 6.07) is 4.60. The molecule has 3 atom stereocenters. The Morgan fingerprint density at radius 3 is 2.72 bits per heavy atom. The van der Waals surface area contributed by atoms with Crippen molar-refractivity contribution in [1.29, 1.82) is 0 Å². The average Bonchev–Trinajstić information content (AvgIpc) is 3.46. The standard InChI is InChI=1S/C20H20FN7O/c1-12-9-23-18(10-22-12)26-16-7-13-8-17(16)27(11-13)20(29)14-3-2-4-15(21)19(14)28-24-5-6-25-28/h2-6,9-10,13,16-17H,7-8,11H2,1H3,(H,23,26). The maximum absolute atomic E-state index is 14.5. The van der Waals surface area contributed by atoms with E-state index in [1.807, 2.05) is 11.8 Å². The first-order valence-electron chi connectivity index (χ1n) is 9.61. The van der Waals surface area contributed by atoms with E-state index in [0.717, 1.165) is 23.3 Å². The fourth-order valence-corrected chi connectivity index (χ4v) is 4.45. The summed E-state index contributed by atoms with van der Waals surface area (Å²) in [6.07, 6.45) is 8.24. The van der Waals surface area contributed by atoms with Gasteiger partial charge in [-0.2, -0.15) is 10.2 Å². The van der Waals surface area contributed by atoms with Crippen LogP contribution in [0.1, 0.15) is 28.9 Å². The molecule has 9 heteroatoms. The van der Waals surface area contributed by atoms with Crippen molar-refractivity contribution >= 4 is 11.7 Å². The molecule has 1 aliphatic carbocycles. The number of carbonyl (C=O) groups is 1. The molecule has 0 radical (unpaired) electrons. The topological polar surface area (TPSA) is 88.8 Å². The summed E-state index contributed by atoms with van der Waals surface area (Å²) < 4.78 is 14.5. The summed E-state index contributed by atoms with van der Waals surface area (Å²) in [7, 11) is 0. The van der Waals surface area contributed by atoms with Crippen LogP contribution in [0.15, 0.2) is 43.0 Å². The maximum Gasteiger partial charge on any atom is 0.256 e. The minimum Gasteiger partial charge on any atom is -0.364 e. The smallest absolute Gasteiger partial charge is 0.256 e. The van der Waals surface area contributed by atoms with Gasteiger partial charge in [-0.05, 0) is 37.8 Å². The Bertz CT molecular complexity index is 1040. The molecule has 3 aromatic rings. The molecule has 1 saturated carbocycles. The second-order valence-electron chi connectivity index (χ2n) is 7.61. The minimum atomic E-state index is -0.527. The summed E-state index contributed by atoms with van der Waals surface area (Å²) in [5, 5.41) is 11.4. The number of carbonyl (C=O) groups excluding carboxylic acids is 1. The molecular formula is C20H20FN7O. The maximum atomic E-state index is 14.5. The van der Waals surface area contributed by atoms with Crippen molar-refractivity contribution in [3.63, 3.8) is 0 Å². The molecule has 5 rings (SSSR count). The van der Waals surface area contributed by atoms with Gasteiger partial charge < -0.3 is 10.2 Å². The van der Waals surface area contributed by atoms with Gasteiger partial charge in [0.05, 0.1) is 42.1 Å². The first kappa shape index (κ1) is 17.7. The first-order chi connectivity index (χ1) is 14.1. The van der Waals surface area contributed by atoms with Crippen LogP contribution < -0.4 is 5.32 Å². The SMILES string of the molecule is Cc1cnc(NC2CC3CC2N(C(=O)c2cccc(F)c2-n2nccn2)C3)cn1. The van der Waals surface area contributed by atoms with E-state index < -0.39 is 5.82 Å². The van der Waals surface area contributed by atoms with Crippen LogP contribution >= 0.6 is 0 Å². The van der Waals surface area contributed by atoms with Crippen LogP contribution in [0.5, 0.6) is 0 Å². The molecule has 2 aromatic heterocycles. The molecule has 1 aromatic carbocycles. The van der Waals surface area contributed by atoms with Crippen molar-refractivity contribution in [3.8, 4) is 5.69 Å². The molecule has 3 unspecified atom stereocenters. The number of amides is 1. The van der Waals surface area contributed by atoms with Crippen LogP contribution in [0.2, 0.25) is 0 Å². The van der Waals surface area contributed by atoms with Gasteiger partial charge >= 0.3 is 0 Å². The van der Waals surface area contributed by atoms with Crippen molar-refractivity contribution in [3.05, 3.63) is 60.1 Å². The predicted octanol–water partition coefficient (Wildman–Crippen LogP) is 2.22. The molecule has 1 saturated heterocycles. The highest BCUT2D eigenvalue weighted by Gasteiger charge is 2.47. The molecular weight excluding hydrogens is 373 g/mol. The molecule has 2 fully saturated rings. The number of hydrogen-bond acceptors (Lipinski definition) is 6. The number of halogens is 1. The number of fused-ring (bicyclic) bond motifs is 2. The lowest BCUT2D eigenvalue weighted by Crippen LogP contribution is -2.48. The zero-order valence-electron chi connectivity index (χ0n) is 15.9.